The molecule has 5 nitrogen and oxygen atoms in total. The highest BCUT2D eigenvalue weighted by Gasteiger charge is 2.24. The summed E-state index contributed by atoms with van der Waals surface area (Å²) >= 11 is 0. The number of piperazine rings is 1. The van der Waals surface area contributed by atoms with Crippen LogP contribution in [0.25, 0.3) is 0 Å². The standard InChI is InChI=1S/C26H29N3O2/c30-24-13-11-23(12-14-24)29-17-15-28(16-18-29)20-26(31)27-25(22-9-5-2-6-10-22)19-21-7-3-1-4-8-21/h1-14,25,30H,15-20H2,(H,27,31)/p+1/t25-/m0/s1. The van der Waals surface area contributed by atoms with E-state index in [1.54, 1.807) is 12.1 Å². The molecule has 1 aliphatic heterocycles. The third-order valence-electron chi connectivity index (χ3n) is 5.92. The first-order chi connectivity index (χ1) is 15.2. The predicted octanol–water partition coefficient (Wildman–Crippen LogP) is 2.20. The van der Waals surface area contributed by atoms with Crippen LogP contribution in [-0.4, -0.2) is 43.7 Å². The normalized spacial score (nSPS) is 15.4. The Hall–Kier alpha value is -3.31. The molecule has 5 heteroatoms. The van der Waals surface area contributed by atoms with E-state index in [1.165, 1.54) is 10.5 Å². The lowest BCUT2D eigenvalue weighted by Crippen LogP contribution is -3.16. The number of benzene rings is 3. The van der Waals surface area contributed by atoms with Gasteiger partial charge in [-0.15, -0.1) is 0 Å². The number of quaternary nitrogens is 1. The summed E-state index contributed by atoms with van der Waals surface area (Å²) in [4.78, 5) is 16.5. The van der Waals surface area contributed by atoms with E-state index < -0.39 is 0 Å². The molecule has 0 spiro atoms. The molecule has 31 heavy (non-hydrogen) atoms. The van der Waals surface area contributed by atoms with Gasteiger partial charge in [-0.3, -0.25) is 4.79 Å². The van der Waals surface area contributed by atoms with Crippen molar-refractivity contribution in [3.8, 4) is 5.75 Å². The zero-order valence-electron chi connectivity index (χ0n) is 17.7. The number of hydrogen-bond acceptors (Lipinski definition) is 3. The van der Waals surface area contributed by atoms with Crippen molar-refractivity contribution in [2.75, 3.05) is 37.6 Å². The number of hydrogen-bond donors (Lipinski definition) is 3. The minimum Gasteiger partial charge on any atom is -0.508 e. The van der Waals surface area contributed by atoms with Crippen molar-refractivity contribution < 1.29 is 14.8 Å². The summed E-state index contributed by atoms with van der Waals surface area (Å²) in [7, 11) is 0. The van der Waals surface area contributed by atoms with Gasteiger partial charge in [-0.1, -0.05) is 60.7 Å². The maximum absolute atomic E-state index is 12.9. The molecule has 3 aromatic rings. The van der Waals surface area contributed by atoms with Crippen LogP contribution in [0.2, 0.25) is 0 Å². The quantitative estimate of drug-likeness (QED) is 0.554. The van der Waals surface area contributed by atoms with Crippen LogP contribution in [0.5, 0.6) is 5.75 Å². The van der Waals surface area contributed by atoms with Gasteiger partial charge < -0.3 is 20.2 Å². The van der Waals surface area contributed by atoms with Gasteiger partial charge in [-0.2, -0.15) is 0 Å². The van der Waals surface area contributed by atoms with Crippen LogP contribution in [0.3, 0.4) is 0 Å². The molecule has 3 aromatic carbocycles. The summed E-state index contributed by atoms with van der Waals surface area (Å²) < 4.78 is 0. The van der Waals surface area contributed by atoms with Crippen molar-refractivity contribution >= 4 is 11.6 Å². The number of phenols is 1. The van der Waals surface area contributed by atoms with Gasteiger partial charge in [0, 0.05) is 5.69 Å². The summed E-state index contributed by atoms with van der Waals surface area (Å²) in [6.07, 6.45) is 0.778. The van der Waals surface area contributed by atoms with Crippen LogP contribution in [0.15, 0.2) is 84.9 Å². The number of nitrogens with zero attached hydrogens (tertiary/aromatic N) is 1. The lowest BCUT2D eigenvalue weighted by molar-refractivity contribution is -0.892. The first kappa shape index (κ1) is 20.9. The van der Waals surface area contributed by atoms with Gasteiger partial charge in [0.1, 0.15) is 5.75 Å². The molecule has 0 aliphatic carbocycles. The number of anilines is 1. The predicted molar refractivity (Wildman–Crippen MR) is 123 cm³/mol. The summed E-state index contributed by atoms with van der Waals surface area (Å²) in [5.74, 6) is 0.381. The van der Waals surface area contributed by atoms with Gasteiger partial charge in [0.2, 0.25) is 0 Å². The second-order valence-corrected chi connectivity index (χ2v) is 8.15. The molecule has 0 radical (unpaired) electrons. The maximum Gasteiger partial charge on any atom is 0.275 e. The van der Waals surface area contributed by atoms with Crippen molar-refractivity contribution in [3.63, 3.8) is 0 Å². The van der Waals surface area contributed by atoms with Crippen LogP contribution in [0.1, 0.15) is 17.2 Å². The fraction of sp³-hybridized carbons (Fsp3) is 0.269. The molecular weight excluding hydrogens is 386 g/mol. The van der Waals surface area contributed by atoms with E-state index in [9.17, 15) is 9.90 Å². The molecule has 1 saturated heterocycles. The van der Waals surface area contributed by atoms with E-state index in [2.05, 4.69) is 34.5 Å². The average Bonchev–Trinajstić information content (AvgIpc) is 2.81. The van der Waals surface area contributed by atoms with Crippen molar-refractivity contribution in [1.29, 1.82) is 0 Å². The minimum absolute atomic E-state index is 0.0335. The van der Waals surface area contributed by atoms with Crippen molar-refractivity contribution in [2.24, 2.45) is 0 Å². The number of aromatic hydroxyl groups is 1. The highest BCUT2D eigenvalue weighted by Crippen LogP contribution is 2.19. The number of phenolic OH excluding ortho intramolecular Hbond substituents is 1. The summed E-state index contributed by atoms with van der Waals surface area (Å²) in [6.45, 7) is 4.13. The van der Waals surface area contributed by atoms with E-state index in [-0.39, 0.29) is 17.7 Å². The van der Waals surface area contributed by atoms with E-state index in [4.69, 9.17) is 0 Å². The highest BCUT2D eigenvalue weighted by molar-refractivity contribution is 5.77. The van der Waals surface area contributed by atoms with Crippen molar-refractivity contribution in [3.05, 3.63) is 96.1 Å². The lowest BCUT2D eigenvalue weighted by atomic mass is 9.99. The Morgan fingerprint density at radius 3 is 2.16 bits per heavy atom. The third-order valence-corrected chi connectivity index (χ3v) is 5.92. The highest BCUT2D eigenvalue weighted by atomic mass is 16.3. The monoisotopic (exact) mass is 416 g/mol. The molecule has 1 atom stereocenters. The molecule has 4 rings (SSSR count). The molecule has 1 amide bonds. The SMILES string of the molecule is O=C(C[NH+]1CCN(c2ccc(O)cc2)CC1)N[C@@H](Cc1ccccc1)c1ccccc1. The van der Waals surface area contributed by atoms with Gasteiger partial charge in [-0.05, 0) is 41.8 Å². The van der Waals surface area contributed by atoms with Crippen molar-refractivity contribution in [1.82, 2.24) is 5.32 Å². The van der Waals surface area contributed by atoms with Crippen LogP contribution >= 0.6 is 0 Å². The van der Waals surface area contributed by atoms with Crippen LogP contribution < -0.4 is 15.1 Å². The van der Waals surface area contributed by atoms with E-state index in [1.807, 2.05) is 48.5 Å². The van der Waals surface area contributed by atoms with E-state index >= 15 is 0 Å². The van der Waals surface area contributed by atoms with Gasteiger partial charge in [0.25, 0.3) is 5.91 Å². The van der Waals surface area contributed by atoms with Gasteiger partial charge in [-0.25, -0.2) is 0 Å². The average molecular weight is 417 g/mol. The van der Waals surface area contributed by atoms with E-state index in [0.29, 0.717) is 6.54 Å². The largest absolute Gasteiger partial charge is 0.508 e. The minimum atomic E-state index is -0.0335. The smallest absolute Gasteiger partial charge is 0.275 e. The number of nitrogens with one attached hydrogen (secondary N) is 2. The second kappa shape index (κ2) is 10.1. The Balaban J connectivity index is 1.33. The second-order valence-electron chi connectivity index (χ2n) is 8.15. The summed E-state index contributed by atoms with van der Waals surface area (Å²) in [6, 6.07) is 27.8. The number of carbonyl (C=O) groups excluding carboxylic acids is 1. The Labute approximate surface area is 183 Å². The third kappa shape index (κ3) is 5.86. The molecule has 0 aromatic heterocycles. The molecule has 0 saturated carbocycles. The fourth-order valence-corrected chi connectivity index (χ4v) is 4.18. The summed E-state index contributed by atoms with van der Waals surface area (Å²) in [5.41, 5.74) is 3.46. The molecule has 0 bridgehead atoms. The maximum atomic E-state index is 12.9. The van der Waals surface area contributed by atoms with Gasteiger partial charge in [0.15, 0.2) is 6.54 Å². The molecule has 1 aliphatic rings. The van der Waals surface area contributed by atoms with Gasteiger partial charge in [0.05, 0.1) is 32.2 Å². The summed E-state index contributed by atoms with van der Waals surface area (Å²) in [5, 5.41) is 12.8. The molecule has 160 valence electrons. The van der Waals surface area contributed by atoms with Gasteiger partial charge >= 0.3 is 0 Å². The number of carbonyl (C=O) groups is 1. The Morgan fingerprint density at radius 1 is 0.903 bits per heavy atom. The first-order valence-electron chi connectivity index (χ1n) is 10.9. The molecule has 0 unspecified atom stereocenters. The fourth-order valence-electron chi connectivity index (χ4n) is 4.18. The molecular formula is C26H30N3O2+. The zero-order chi connectivity index (χ0) is 21.5. The zero-order valence-corrected chi connectivity index (χ0v) is 17.7. The Bertz CT molecular complexity index is 953. The van der Waals surface area contributed by atoms with Crippen LogP contribution in [0, 0.1) is 0 Å². The van der Waals surface area contributed by atoms with Crippen LogP contribution in [0.4, 0.5) is 5.69 Å². The molecule has 1 fully saturated rings. The molecule has 1 heterocycles. The van der Waals surface area contributed by atoms with Crippen molar-refractivity contribution in [2.45, 2.75) is 12.5 Å². The number of rotatable bonds is 7. The van der Waals surface area contributed by atoms with E-state index in [0.717, 1.165) is 43.9 Å². The lowest BCUT2D eigenvalue weighted by Gasteiger charge is -2.33. The molecule has 3 N–H and O–H groups in total. The Kier molecular flexibility index (Phi) is 6.85. The number of amides is 1. The van der Waals surface area contributed by atoms with Crippen LogP contribution in [-0.2, 0) is 11.2 Å². The topological polar surface area (TPSA) is 57.0 Å². The first-order valence-corrected chi connectivity index (χ1v) is 10.9. The Morgan fingerprint density at radius 2 is 1.52 bits per heavy atom.